The topological polar surface area (TPSA) is 66.0 Å². The Morgan fingerprint density at radius 1 is 1.39 bits per heavy atom. The van der Waals surface area contributed by atoms with Crippen molar-refractivity contribution in [2.75, 3.05) is 0 Å². The van der Waals surface area contributed by atoms with Crippen LogP contribution in [0.2, 0.25) is 10.0 Å². The fraction of sp³-hybridized carbons (Fsp3) is 0.273. The summed E-state index contributed by atoms with van der Waals surface area (Å²) in [6, 6.07) is 3.35. The molecule has 0 saturated carbocycles. The first-order chi connectivity index (χ1) is 8.60. The van der Waals surface area contributed by atoms with Crippen LogP contribution in [-0.4, -0.2) is 15.0 Å². The molecule has 0 spiro atoms. The van der Waals surface area contributed by atoms with Crippen LogP contribution in [0.25, 0.3) is 0 Å². The van der Waals surface area contributed by atoms with Crippen molar-refractivity contribution in [3.63, 3.8) is 0 Å². The molecule has 5 nitrogen and oxygen atoms in total. The van der Waals surface area contributed by atoms with Crippen LogP contribution >= 0.6 is 23.2 Å². The van der Waals surface area contributed by atoms with Gasteiger partial charge >= 0.3 is 0 Å². The van der Waals surface area contributed by atoms with E-state index >= 15 is 0 Å². The van der Waals surface area contributed by atoms with Crippen molar-refractivity contribution in [2.45, 2.75) is 13.2 Å². The first kappa shape index (κ1) is 13.1. The molecule has 0 radical (unpaired) electrons. The Balaban J connectivity index is 2.18. The number of hydrogen-bond acceptors (Lipinski definition) is 4. The number of hydrogen-bond donors (Lipinski definition) is 1. The minimum absolute atomic E-state index is 0.280. The summed E-state index contributed by atoms with van der Waals surface area (Å²) < 4.78 is 7.23. The lowest BCUT2D eigenvalue weighted by molar-refractivity contribution is 0.298. The molecule has 7 heteroatoms. The number of nitrogens with two attached hydrogens (primary N) is 1. The summed E-state index contributed by atoms with van der Waals surface area (Å²) in [5, 5.41) is 8.71. The van der Waals surface area contributed by atoms with Crippen LogP contribution in [0, 0.1) is 0 Å². The summed E-state index contributed by atoms with van der Waals surface area (Å²) in [4.78, 5) is 0. The van der Waals surface area contributed by atoms with E-state index in [1.165, 1.54) is 0 Å². The van der Waals surface area contributed by atoms with Gasteiger partial charge in [-0.05, 0) is 12.1 Å². The van der Waals surface area contributed by atoms with E-state index in [0.29, 0.717) is 28.0 Å². The van der Waals surface area contributed by atoms with Gasteiger partial charge in [-0.1, -0.05) is 28.4 Å². The molecular weight excluding hydrogens is 275 g/mol. The smallest absolute Gasteiger partial charge is 0.143 e. The van der Waals surface area contributed by atoms with Gasteiger partial charge in [0.05, 0.1) is 11.2 Å². The van der Waals surface area contributed by atoms with Gasteiger partial charge in [0.15, 0.2) is 0 Å². The molecule has 0 aliphatic carbocycles. The van der Waals surface area contributed by atoms with Crippen LogP contribution in [-0.2, 0) is 20.2 Å². The van der Waals surface area contributed by atoms with Crippen LogP contribution in [0.5, 0.6) is 5.75 Å². The highest BCUT2D eigenvalue weighted by atomic mass is 35.5. The summed E-state index contributed by atoms with van der Waals surface area (Å²) in [6.45, 7) is 0.582. The Kier molecular flexibility index (Phi) is 4.06. The number of aromatic nitrogens is 3. The van der Waals surface area contributed by atoms with Gasteiger partial charge in [-0.15, -0.1) is 5.10 Å². The van der Waals surface area contributed by atoms with Gasteiger partial charge in [-0.2, -0.15) is 0 Å². The van der Waals surface area contributed by atoms with Gasteiger partial charge in [-0.25, -0.2) is 0 Å². The second-order valence-corrected chi connectivity index (χ2v) is 4.60. The molecule has 96 valence electrons. The largest absolute Gasteiger partial charge is 0.485 e. The molecule has 0 saturated heterocycles. The molecule has 0 bridgehead atoms. The average Bonchev–Trinajstić information content (AvgIpc) is 2.73. The Hall–Kier alpha value is -1.30. The lowest BCUT2D eigenvalue weighted by Gasteiger charge is -2.11. The van der Waals surface area contributed by atoms with Crippen LogP contribution in [0.4, 0.5) is 0 Å². The van der Waals surface area contributed by atoms with E-state index in [0.717, 1.165) is 5.56 Å². The minimum Gasteiger partial charge on any atom is -0.485 e. The highest BCUT2D eigenvalue weighted by Crippen LogP contribution is 2.32. The second-order valence-electron chi connectivity index (χ2n) is 3.75. The van der Waals surface area contributed by atoms with Gasteiger partial charge in [0.1, 0.15) is 18.1 Å². The number of rotatable bonds is 4. The monoisotopic (exact) mass is 286 g/mol. The van der Waals surface area contributed by atoms with Gasteiger partial charge in [0, 0.05) is 24.2 Å². The lowest BCUT2D eigenvalue weighted by Crippen LogP contribution is -2.03. The minimum atomic E-state index is 0.280. The standard InChI is InChI=1S/C11H12Cl2N4O/c1-17-5-9(15-16-17)6-18-11-7(4-14)2-8(12)3-10(11)13/h2-3,5H,4,6,14H2,1H3. The number of halogens is 2. The maximum Gasteiger partial charge on any atom is 0.143 e. The number of nitrogens with zero attached hydrogens (tertiary/aromatic N) is 3. The van der Waals surface area contributed by atoms with Gasteiger partial charge < -0.3 is 10.5 Å². The van der Waals surface area contributed by atoms with Gasteiger partial charge in [0.2, 0.25) is 0 Å². The van der Waals surface area contributed by atoms with E-state index in [2.05, 4.69) is 10.3 Å². The van der Waals surface area contributed by atoms with Crippen LogP contribution in [0.3, 0.4) is 0 Å². The SMILES string of the molecule is Cn1cc(COc2c(Cl)cc(Cl)cc2CN)nn1. The summed E-state index contributed by atoms with van der Waals surface area (Å²) in [7, 11) is 1.79. The molecule has 0 aliphatic rings. The predicted molar refractivity (Wildman–Crippen MR) is 69.7 cm³/mol. The second kappa shape index (κ2) is 5.56. The molecule has 2 aromatic rings. The summed E-state index contributed by atoms with van der Waals surface area (Å²) in [5.74, 6) is 0.536. The average molecular weight is 287 g/mol. The summed E-state index contributed by atoms with van der Waals surface area (Å²) in [5.41, 5.74) is 7.11. The Morgan fingerprint density at radius 2 is 2.17 bits per heavy atom. The van der Waals surface area contributed by atoms with Crippen molar-refractivity contribution in [3.8, 4) is 5.75 Å². The molecule has 0 atom stereocenters. The molecule has 1 aromatic carbocycles. The Bertz CT molecular complexity index is 556. The zero-order valence-corrected chi connectivity index (χ0v) is 11.2. The Labute approximate surface area is 114 Å². The van der Waals surface area contributed by atoms with E-state index in [1.54, 1.807) is 30.1 Å². The first-order valence-electron chi connectivity index (χ1n) is 5.26. The van der Waals surface area contributed by atoms with Crippen molar-refractivity contribution in [1.82, 2.24) is 15.0 Å². The van der Waals surface area contributed by atoms with E-state index in [1.807, 2.05) is 0 Å². The lowest BCUT2D eigenvalue weighted by atomic mass is 10.2. The summed E-state index contributed by atoms with van der Waals surface area (Å²) in [6.07, 6.45) is 1.77. The van der Waals surface area contributed by atoms with E-state index < -0.39 is 0 Å². The van der Waals surface area contributed by atoms with Crippen LogP contribution in [0.15, 0.2) is 18.3 Å². The molecular formula is C11H12Cl2N4O. The zero-order valence-electron chi connectivity index (χ0n) is 9.73. The molecule has 2 rings (SSSR count). The maximum absolute atomic E-state index is 6.08. The number of aryl methyl sites for hydroxylation is 1. The molecule has 1 aromatic heterocycles. The van der Waals surface area contributed by atoms with Crippen molar-refractivity contribution in [2.24, 2.45) is 12.8 Å². The van der Waals surface area contributed by atoms with Crippen molar-refractivity contribution in [1.29, 1.82) is 0 Å². The van der Waals surface area contributed by atoms with Gasteiger partial charge in [0.25, 0.3) is 0 Å². The zero-order chi connectivity index (χ0) is 13.1. The number of ether oxygens (including phenoxy) is 1. The Morgan fingerprint density at radius 3 is 2.78 bits per heavy atom. The normalized spacial score (nSPS) is 10.7. The molecule has 0 unspecified atom stereocenters. The van der Waals surface area contributed by atoms with Gasteiger partial charge in [-0.3, -0.25) is 4.68 Å². The molecule has 18 heavy (non-hydrogen) atoms. The van der Waals surface area contributed by atoms with Crippen molar-refractivity contribution >= 4 is 23.2 Å². The van der Waals surface area contributed by atoms with Crippen LogP contribution in [0.1, 0.15) is 11.3 Å². The molecule has 2 N–H and O–H groups in total. The van der Waals surface area contributed by atoms with E-state index in [4.69, 9.17) is 33.7 Å². The summed E-state index contributed by atoms with van der Waals surface area (Å²) >= 11 is 12.0. The molecule has 1 heterocycles. The highest BCUT2D eigenvalue weighted by Gasteiger charge is 2.10. The first-order valence-corrected chi connectivity index (χ1v) is 6.01. The third-order valence-corrected chi connectivity index (χ3v) is 2.82. The van der Waals surface area contributed by atoms with Crippen molar-refractivity contribution in [3.05, 3.63) is 39.6 Å². The maximum atomic E-state index is 6.08. The molecule has 0 aliphatic heterocycles. The van der Waals surface area contributed by atoms with E-state index in [9.17, 15) is 0 Å². The third kappa shape index (κ3) is 2.93. The fourth-order valence-electron chi connectivity index (χ4n) is 1.53. The third-order valence-electron chi connectivity index (χ3n) is 2.32. The fourth-order valence-corrected chi connectivity index (χ4v) is 2.12. The van der Waals surface area contributed by atoms with Crippen molar-refractivity contribution < 1.29 is 4.74 Å². The number of benzene rings is 1. The quantitative estimate of drug-likeness (QED) is 0.935. The molecule has 0 fully saturated rings. The highest BCUT2D eigenvalue weighted by molar-refractivity contribution is 6.35. The van der Waals surface area contributed by atoms with E-state index in [-0.39, 0.29) is 6.61 Å². The van der Waals surface area contributed by atoms with Crippen LogP contribution < -0.4 is 10.5 Å². The molecule has 0 amide bonds. The predicted octanol–water partition coefficient (Wildman–Crippen LogP) is 2.16.